The second kappa shape index (κ2) is 4.47. The van der Waals surface area contributed by atoms with E-state index in [0.29, 0.717) is 11.1 Å². The normalized spacial score (nSPS) is 57.2. The van der Waals surface area contributed by atoms with Gasteiger partial charge in [-0.05, 0) is 31.1 Å². The Morgan fingerprint density at radius 2 is 1.88 bits per heavy atom. The molecule has 3 fully saturated rings. The molecule has 2 saturated heterocycles. The third-order valence-corrected chi connectivity index (χ3v) is 7.70. The molecule has 140 valence electrons. The highest BCUT2D eigenvalue weighted by Crippen LogP contribution is 2.69. The van der Waals surface area contributed by atoms with Crippen LogP contribution in [0.15, 0.2) is 23.3 Å². The summed E-state index contributed by atoms with van der Waals surface area (Å²) in [6, 6.07) is 0. The molecule has 4 bridgehead atoms. The molecule has 9 atom stereocenters. The number of aliphatic hydroxyl groups excluding tert-OH is 3. The van der Waals surface area contributed by atoms with Crippen molar-refractivity contribution < 1.29 is 34.4 Å². The Balaban J connectivity index is 1.82. The number of allylic oxidation sites excluding steroid dienone is 2. The zero-order chi connectivity index (χ0) is 18.8. The van der Waals surface area contributed by atoms with Crippen LogP contribution >= 0.6 is 0 Å². The number of hydrogen-bond donors (Lipinski definition) is 3. The van der Waals surface area contributed by atoms with Gasteiger partial charge in [0, 0.05) is 11.3 Å². The highest BCUT2D eigenvalue weighted by Gasteiger charge is 2.82. The first-order valence-corrected chi connectivity index (χ1v) is 8.94. The van der Waals surface area contributed by atoms with Crippen molar-refractivity contribution in [1.29, 1.82) is 0 Å². The molecule has 26 heavy (non-hydrogen) atoms. The van der Waals surface area contributed by atoms with Crippen molar-refractivity contribution in [1.82, 2.24) is 0 Å². The first-order valence-electron chi connectivity index (χ1n) is 8.94. The molecule has 0 unspecified atom stereocenters. The summed E-state index contributed by atoms with van der Waals surface area (Å²) in [5.74, 6) is -2.45. The second-order valence-electron chi connectivity index (χ2n) is 8.76. The Morgan fingerprint density at radius 3 is 2.58 bits per heavy atom. The van der Waals surface area contributed by atoms with Crippen molar-refractivity contribution in [3.63, 3.8) is 0 Å². The standard InChI is InChI=1S/C19H22O7/c1-7-4-9(20)14(23)17(2)8(7)5-10(21)19-6-25-18(3)13(19)16(24)26-15(18)11(22)12(17)19/h4-5,9,11-15,20,22-23H,6H2,1-3H3/t9-,11+,12+,13-,14+,15-,17-,18-,19+/m0/s1. The van der Waals surface area contributed by atoms with Crippen molar-refractivity contribution in [2.45, 2.75) is 50.8 Å². The van der Waals surface area contributed by atoms with Crippen LogP contribution in [-0.2, 0) is 19.1 Å². The molecule has 1 saturated carbocycles. The van der Waals surface area contributed by atoms with E-state index >= 15 is 0 Å². The number of esters is 1. The van der Waals surface area contributed by atoms with Crippen molar-refractivity contribution in [3.05, 3.63) is 23.3 Å². The van der Waals surface area contributed by atoms with E-state index in [4.69, 9.17) is 9.47 Å². The molecule has 2 aliphatic heterocycles. The lowest BCUT2D eigenvalue weighted by molar-refractivity contribution is -0.181. The fourth-order valence-electron chi connectivity index (χ4n) is 6.63. The maximum absolute atomic E-state index is 13.3. The molecule has 1 spiro atoms. The first-order chi connectivity index (χ1) is 12.1. The van der Waals surface area contributed by atoms with Gasteiger partial charge in [0.15, 0.2) is 11.9 Å². The average molecular weight is 362 g/mol. The molecule has 3 N–H and O–H groups in total. The van der Waals surface area contributed by atoms with Crippen molar-refractivity contribution in [2.24, 2.45) is 22.7 Å². The maximum Gasteiger partial charge on any atom is 0.313 e. The van der Waals surface area contributed by atoms with E-state index in [2.05, 4.69) is 0 Å². The van der Waals surface area contributed by atoms with Gasteiger partial charge in [0.1, 0.15) is 11.5 Å². The Kier molecular flexibility index (Phi) is 2.86. The van der Waals surface area contributed by atoms with Gasteiger partial charge in [0.25, 0.3) is 0 Å². The van der Waals surface area contributed by atoms with E-state index in [1.807, 2.05) is 0 Å². The number of carbonyl (C=O) groups excluding carboxylic acids is 2. The summed E-state index contributed by atoms with van der Waals surface area (Å²) >= 11 is 0. The van der Waals surface area contributed by atoms with E-state index in [1.165, 1.54) is 12.2 Å². The van der Waals surface area contributed by atoms with Crippen molar-refractivity contribution in [2.75, 3.05) is 6.61 Å². The summed E-state index contributed by atoms with van der Waals surface area (Å²) in [7, 11) is 0. The third-order valence-electron chi connectivity index (χ3n) is 7.70. The van der Waals surface area contributed by atoms with E-state index in [9.17, 15) is 24.9 Å². The minimum Gasteiger partial charge on any atom is -0.456 e. The average Bonchev–Trinajstić information content (AvgIpc) is 2.94. The quantitative estimate of drug-likeness (QED) is 0.498. The van der Waals surface area contributed by atoms with Crippen LogP contribution in [0, 0.1) is 22.7 Å². The Bertz CT molecular complexity index is 815. The van der Waals surface area contributed by atoms with E-state index in [1.54, 1.807) is 20.8 Å². The SMILES string of the molecule is CC1=C[C@H](O)[C@@H](O)[C@@]2(C)C1=CC(=O)[C@@]13CO[C@]4(C)[C@@H](OC(=O)[C@@H]41)[C@H](O)[C@H]23. The van der Waals surface area contributed by atoms with Crippen LogP contribution < -0.4 is 0 Å². The number of fused-ring (bicyclic) bond motifs is 2. The largest absolute Gasteiger partial charge is 0.456 e. The lowest BCUT2D eigenvalue weighted by Crippen LogP contribution is -2.70. The molecule has 5 aliphatic rings. The van der Waals surface area contributed by atoms with E-state index in [-0.39, 0.29) is 12.4 Å². The van der Waals surface area contributed by atoms with Gasteiger partial charge in [-0.15, -0.1) is 0 Å². The first kappa shape index (κ1) is 16.6. The number of carbonyl (C=O) groups is 2. The van der Waals surface area contributed by atoms with Crippen LogP contribution in [0.3, 0.4) is 0 Å². The summed E-state index contributed by atoms with van der Waals surface area (Å²) in [5.41, 5.74) is -2.18. The zero-order valence-corrected chi connectivity index (χ0v) is 14.8. The van der Waals surface area contributed by atoms with Gasteiger partial charge in [-0.1, -0.05) is 13.0 Å². The summed E-state index contributed by atoms with van der Waals surface area (Å²) in [6.45, 7) is 5.21. The Hall–Kier alpha value is -1.54. The van der Waals surface area contributed by atoms with Gasteiger partial charge in [-0.2, -0.15) is 0 Å². The molecule has 7 nitrogen and oxygen atoms in total. The van der Waals surface area contributed by atoms with E-state index in [0.717, 1.165) is 0 Å². The molecule has 3 aliphatic carbocycles. The molecular formula is C19H22O7. The Morgan fingerprint density at radius 1 is 1.19 bits per heavy atom. The fraction of sp³-hybridized carbons (Fsp3) is 0.684. The van der Waals surface area contributed by atoms with Gasteiger partial charge in [0.2, 0.25) is 0 Å². The molecule has 7 heteroatoms. The highest BCUT2D eigenvalue weighted by molar-refractivity contribution is 6.03. The van der Waals surface area contributed by atoms with Gasteiger partial charge >= 0.3 is 5.97 Å². The molecular weight excluding hydrogens is 340 g/mol. The molecule has 0 radical (unpaired) electrons. The molecule has 0 amide bonds. The fourth-order valence-corrected chi connectivity index (χ4v) is 6.63. The summed E-state index contributed by atoms with van der Waals surface area (Å²) in [4.78, 5) is 25.9. The van der Waals surface area contributed by atoms with Crippen molar-refractivity contribution in [3.8, 4) is 0 Å². The minimum absolute atomic E-state index is 0.00866. The van der Waals surface area contributed by atoms with Crippen LogP contribution in [0.4, 0.5) is 0 Å². The number of aliphatic hydroxyl groups is 3. The predicted octanol–water partition coefficient (Wildman–Crippen LogP) is -0.509. The maximum atomic E-state index is 13.3. The van der Waals surface area contributed by atoms with Crippen LogP contribution in [0.1, 0.15) is 20.8 Å². The topological polar surface area (TPSA) is 113 Å². The molecule has 0 aromatic rings. The highest BCUT2D eigenvalue weighted by atomic mass is 16.6. The molecule has 0 aromatic heterocycles. The third kappa shape index (κ3) is 1.42. The smallest absolute Gasteiger partial charge is 0.313 e. The summed E-state index contributed by atoms with van der Waals surface area (Å²) < 4.78 is 11.4. The lowest BCUT2D eigenvalue weighted by Gasteiger charge is -2.59. The predicted molar refractivity (Wildman–Crippen MR) is 86.6 cm³/mol. The molecule has 5 rings (SSSR count). The number of ketones is 1. The monoisotopic (exact) mass is 362 g/mol. The van der Waals surface area contributed by atoms with Gasteiger partial charge in [-0.25, -0.2) is 0 Å². The Labute approximate surface area is 150 Å². The second-order valence-corrected chi connectivity index (χ2v) is 8.76. The number of ether oxygens (including phenoxy) is 2. The molecule has 2 heterocycles. The zero-order valence-electron chi connectivity index (χ0n) is 14.8. The summed E-state index contributed by atoms with van der Waals surface area (Å²) in [6.07, 6.45) is -1.45. The molecule has 0 aromatic carbocycles. The van der Waals surface area contributed by atoms with Gasteiger partial charge < -0.3 is 24.8 Å². The van der Waals surface area contributed by atoms with Crippen LogP contribution in [-0.4, -0.2) is 63.7 Å². The summed E-state index contributed by atoms with van der Waals surface area (Å²) in [5, 5.41) is 32.5. The minimum atomic E-state index is -1.30. The van der Waals surface area contributed by atoms with E-state index < -0.39 is 58.7 Å². The number of rotatable bonds is 0. The van der Waals surface area contributed by atoms with Gasteiger partial charge in [0.05, 0.1) is 30.3 Å². The van der Waals surface area contributed by atoms with Crippen LogP contribution in [0.25, 0.3) is 0 Å². The van der Waals surface area contributed by atoms with Crippen LogP contribution in [0.5, 0.6) is 0 Å². The lowest BCUT2D eigenvalue weighted by atomic mass is 9.42. The van der Waals surface area contributed by atoms with Crippen molar-refractivity contribution >= 4 is 11.8 Å². The number of hydrogen-bond acceptors (Lipinski definition) is 7. The van der Waals surface area contributed by atoms with Gasteiger partial charge in [-0.3, -0.25) is 9.59 Å². The van der Waals surface area contributed by atoms with Crippen LogP contribution in [0.2, 0.25) is 0 Å².